The van der Waals surface area contributed by atoms with Gasteiger partial charge in [0.2, 0.25) is 10.0 Å². The molecular weight excluding hydrogens is 362 g/mol. The molecule has 2 aromatic carbocycles. The number of methoxy groups -OCH3 is 1. The maximum atomic E-state index is 13.0. The topological polar surface area (TPSA) is 55.8 Å². The lowest BCUT2D eigenvalue weighted by molar-refractivity contribution is 0.363. The van der Waals surface area contributed by atoms with E-state index in [-0.39, 0.29) is 17.4 Å². The van der Waals surface area contributed by atoms with Crippen LogP contribution in [-0.4, -0.2) is 33.5 Å². The van der Waals surface area contributed by atoms with Gasteiger partial charge in [-0.05, 0) is 47.4 Å². The Morgan fingerprint density at radius 1 is 1.15 bits per heavy atom. The van der Waals surface area contributed by atoms with Gasteiger partial charge in [-0.2, -0.15) is 4.31 Å². The molecule has 2 aromatic rings. The van der Waals surface area contributed by atoms with Gasteiger partial charge in [-0.3, -0.25) is 0 Å². The van der Waals surface area contributed by atoms with Crippen molar-refractivity contribution in [3.8, 4) is 11.5 Å². The van der Waals surface area contributed by atoms with Crippen molar-refractivity contribution >= 4 is 10.0 Å². The fourth-order valence-electron chi connectivity index (χ4n) is 2.69. The third-order valence-electron chi connectivity index (χ3n) is 4.23. The summed E-state index contributed by atoms with van der Waals surface area (Å²) in [7, 11) is -0.442. The number of hydrogen-bond acceptors (Lipinski definition) is 4. The molecule has 146 valence electrons. The Bertz CT molecular complexity index is 874. The van der Waals surface area contributed by atoms with Crippen LogP contribution in [0.3, 0.4) is 0 Å². The van der Waals surface area contributed by atoms with Crippen molar-refractivity contribution in [2.45, 2.75) is 31.2 Å². The summed E-state index contributed by atoms with van der Waals surface area (Å²) in [6.07, 6.45) is 1.68. The van der Waals surface area contributed by atoms with Gasteiger partial charge in [0.1, 0.15) is 18.1 Å². The van der Waals surface area contributed by atoms with Gasteiger partial charge in [0.05, 0.1) is 12.0 Å². The lowest BCUT2D eigenvalue weighted by Gasteiger charge is -2.19. The van der Waals surface area contributed by atoms with Gasteiger partial charge in [-0.1, -0.05) is 38.6 Å². The molecule has 6 heteroatoms. The lowest BCUT2D eigenvalue weighted by atomic mass is 10.0. The third-order valence-corrected chi connectivity index (χ3v) is 6.03. The lowest BCUT2D eigenvalue weighted by Crippen LogP contribution is -2.26. The summed E-state index contributed by atoms with van der Waals surface area (Å²) in [5.41, 5.74) is 1.75. The Morgan fingerprint density at radius 3 is 2.37 bits per heavy atom. The number of hydrogen-bond donors (Lipinski definition) is 0. The highest BCUT2D eigenvalue weighted by Crippen LogP contribution is 2.30. The summed E-state index contributed by atoms with van der Waals surface area (Å²) in [6, 6.07) is 12.4. The van der Waals surface area contributed by atoms with Crippen LogP contribution >= 0.6 is 0 Å². The molecule has 2 rings (SSSR count). The molecule has 0 aromatic heterocycles. The van der Waals surface area contributed by atoms with E-state index >= 15 is 0 Å². The van der Waals surface area contributed by atoms with E-state index in [2.05, 4.69) is 6.58 Å². The van der Waals surface area contributed by atoms with Crippen LogP contribution in [0.2, 0.25) is 0 Å². The molecule has 0 N–H and O–H groups in total. The van der Waals surface area contributed by atoms with E-state index < -0.39 is 10.0 Å². The summed E-state index contributed by atoms with van der Waals surface area (Å²) in [6.45, 7) is 8.33. The highest BCUT2D eigenvalue weighted by Gasteiger charge is 2.23. The Balaban J connectivity index is 2.20. The second kappa shape index (κ2) is 9.06. The van der Waals surface area contributed by atoms with E-state index in [0.29, 0.717) is 12.4 Å². The number of nitrogens with zero attached hydrogens (tertiary/aromatic N) is 1. The first-order valence-electron chi connectivity index (χ1n) is 8.76. The molecule has 0 unspecified atom stereocenters. The molecule has 0 saturated carbocycles. The average molecular weight is 390 g/mol. The Labute approximate surface area is 162 Å². The van der Waals surface area contributed by atoms with Crippen LogP contribution in [0.4, 0.5) is 0 Å². The fraction of sp³-hybridized carbons (Fsp3) is 0.333. The summed E-state index contributed by atoms with van der Waals surface area (Å²) in [4.78, 5) is 0.264. The van der Waals surface area contributed by atoms with Crippen molar-refractivity contribution in [1.82, 2.24) is 4.31 Å². The van der Waals surface area contributed by atoms with Gasteiger partial charge in [-0.25, -0.2) is 8.42 Å². The van der Waals surface area contributed by atoms with Gasteiger partial charge < -0.3 is 9.47 Å². The van der Waals surface area contributed by atoms with E-state index in [9.17, 15) is 8.42 Å². The van der Waals surface area contributed by atoms with E-state index in [1.807, 2.05) is 38.1 Å². The Morgan fingerprint density at radius 2 is 1.81 bits per heavy atom. The van der Waals surface area contributed by atoms with Crippen LogP contribution in [0.15, 0.2) is 60.0 Å². The van der Waals surface area contributed by atoms with Crippen LogP contribution in [-0.2, 0) is 16.6 Å². The van der Waals surface area contributed by atoms with Crippen LogP contribution in [0.1, 0.15) is 30.9 Å². The third kappa shape index (κ3) is 5.11. The first kappa shape index (κ1) is 21.0. The largest absolute Gasteiger partial charge is 0.496 e. The second-order valence-corrected chi connectivity index (χ2v) is 8.61. The minimum atomic E-state index is -3.61. The van der Waals surface area contributed by atoms with Crippen LogP contribution in [0, 0.1) is 0 Å². The van der Waals surface area contributed by atoms with Crippen molar-refractivity contribution in [3.05, 3.63) is 66.2 Å². The predicted molar refractivity (Wildman–Crippen MR) is 108 cm³/mol. The quantitative estimate of drug-likeness (QED) is 0.603. The molecule has 27 heavy (non-hydrogen) atoms. The number of ether oxygens (including phenoxy) is 2. The standard InChI is InChI=1S/C21H27NO4S/c1-6-13-26-18-9-7-17(8-10-18)15-22(4)27(23,24)19-11-12-21(25-5)20(14-19)16(2)3/h6-12,14,16H,1,13,15H2,2-5H3. The van der Waals surface area contributed by atoms with E-state index in [4.69, 9.17) is 9.47 Å². The molecular formula is C21H27NO4S. The van der Waals surface area contributed by atoms with E-state index in [1.54, 1.807) is 38.4 Å². The van der Waals surface area contributed by atoms with Gasteiger partial charge >= 0.3 is 0 Å². The molecule has 5 nitrogen and oxygen atoms in total. The molecule has 0 atom stereocenters. The highest BCUT2D eigenvalue weighted by molar-refractivity contribution is 7.89. The monoisotopic (exact) mass is 389 g/mol. The smallest absolute Gasteiger partial charge is 0.243 e. The number of benzene rings is 2. The molecule has 0 aliphatic heterocycles. The predicted octanol–water partition coefficient (Wildman–Crippen LogP) is 4.20. The van der Waals surface area contributed by atoms with Crippen LogP contribution in [0.25, 0.3) is 0 Å². The molecule has 0 spiro atoms. The zero-order valence-corrected chi connectivity index (χ0v) is 17.1. The first-order valence-corrected chi connectivity index (χ1v) is 10.2. The van der Waals surface area contributed by atoms with Crippen LogP contribution in [0.5, 0.6) is 11.5 Å². The minimum absolute atomic E-state index is 0.156. The average Bonchev–Trinajstić information content (AvgIpc) is 2.66. The Hall–Kier alpha value is -2.31. The number of sulfonamides is 1. The van der Waals surface area contributed by atoms with Crippen molar-refractivity contribution in [1.29, 1.82) is 0 Å². The van der Waals surface area contributed by atoms with Crippen molar-refractivity contribution in [3.63, 3.8) is 0 Å². The zero-order valence-electron chi connectivity index (χ0n) is 16.3. The maximum Gasteiger partial charge on any atom is 0.243 e. The highest BCUT2D eigenvalue weighted by atomic mass is 32.2. The molecule has 0 saturated heterocycles. The van der Waals surface area contributed by atoms with Gasteiger partial charge in [0, 0.05) is 13.6 Å². The van der Waals surface area contributed by atoms with E-state index in [1.165, 1.54) is 4.31 Å². The molecule has 0 amide bonds. The maximum absolute atomic E-state index is 13.0. The summed E-state index contributed by atoms with van der Waals surface area (Å²) in [5.74, 6) is 1.58. The van der Waals surface area contributed by atoms with Crippen LogP contribution < -0.4 is 9.47 Å². The molecule has 0 aliphatic carbocycles. The number of rotatable bonds is 9. The molecule has 0 aliphatic rings. The molecule has 0 radical (unpaired) electrons. The summed E-state index contributed by atoms with van der Waals surface area (Å²) in [5, 5.41) is 0. The fourth-order valence-corrected chi connectivity index (χ4v) is 3.89. The molecule has 0 fully saturated rings. The molecule has 0 heterocycles. The van der Waals surface area contributed by atoms with E-state index in [0.717, 1.165) is 16.9 Å². The SMILES string of the molecule is C=CCOc1ccc(CN(C)S(=O)(=O)c2ccc(OC)c(C(C)C)c2)cc1. The summed E-state index contributed by atoms with van der Waals surface area (Å²) >= 11 is 0. The second-order valence-electron chi connectivity index (χ2n) is 6.56. The summed E-state index contributed by atoms with van der Waals surface area (Å²) < 4.78 is 38.1. The van der Waals surface area contributed by atoms with Gasteiger partial charge in [0.25, 0.3) is 0 Å². The van der Waals surface area contributed by atoms with Crippen molar-refractivity contribution < 1.29 is 17.9 Å². The first-order chi connectivity index (χ1) is 12.8. The zero-order chi connectivity index (χ0) is 20.0. The van der Waals surface area contributed by atoms with Gasteiger partial charge in [-0.15, -0.1) is 0 Å². The molecule has 0 bridgehead atoms. The van der Waals surface area contributed by atoms with Crippen molar-refractivity contribution in [2.24, 2.45) is 0 Å². The minimum Gasteiger partial charge on any atom is -0.496 e. The van der Waals surface area contributed by atoms with Crippen molar-refractivity contribution in [2.75, 3.05) is 20.8 Å². The van der Waals surface area contributed by atoms with Gasteiger partial charge in [0.15, 0.2) is 0 Å². The Kier molecular flexibility index (Phi) is 7.05. The normalized spacial score (nSPS) is 11.6.